The van der Waals surface area contributed by atoms with Crippen LogP contribution in [0.1, 0.15) is 45.2 Å². The summed E-state index contributed by atoms with van der Waals surface area (Å²) in [6.07, 6.45) is 1.52. The number of aromatic nitrogens is 1. The predicted molar refractivity (Wildman–Crippen MR) is 183 cm³/mol. The molecule has 5 atom stereocenters. The molecule has 0 saturated carbocycles. The monoisotopic (exact) mass is 668 g/mol. The zero-order valence-corrected chi connectivity index (χ0v) is 29.0. The van der Waals surface area contributed by atoms with Crippen LogP contribution in [0.3, 0.4) is 0 Å². The number of amides is 1. The van der Waals surface area contributed by atoms with Crippen molar-refractivity contribution in [3.8, 4) is 11.8 Å². The van der Waals surface area contributed by atoms with Crippen molar-refractivity contribution in [2.24, 2.45) is 0 Å². The number of hydrogen-bond donors (Lipinski definition) is 1. The highest BCUT2D eigenvalue weighted by Gasteiger charge is 2.37. The highest BCUT2D eigenvalue weighted by molar-refractivity contribution is 5.97. The first kappa shape index (κ1) is 35.0. The number of anilines is 1. The maximum atomic E-state index is 14.4. The van der Waals surface area contributed by atoms with Crippen molar-refractivity contribution in [3.05, 3.63) is 47.3 Å². The van der Waals surface area contributed by atoms with E-state index in [0.717, 1.165) is 83.2 Å². The summed E-state index contributed by atoms with van der Waals surface area (Å²) in [6.45, 7) is 17.7. The number of halogens is 1. The first-order chi connectivity index (χ1) is 23.3. The molecule has 5 heterocycles. The molecule has 0 aliphatic carbocycles. The minimum absolute atomic E-state index is 0.0312. The topological polar surface area (TPSA) is 91.9 Å². The van der Waals surface area contributed by atoms with Gasteiger partial charge in [0.2, 0.25) is 17.7 Å². The second-order valence-corrected chi connectivity index (χ2v) is 13.8. The number of pyridine rings is 1. The fraction of sp³-hybridized carbons (Fsp3) is 0.667. The van der Waals surface area contributed by atoms with E-state index in [4.69, 9.17) is 23.9 Å². The molecule has 11 nitrogen and oxygen atoms in total. The Bertz CT molecular complexity index is 1360. The van der Waals surface area contributed by atoms with E-state index >= 15 is 0 Å². The van der Waals surface area contributed by atoms with E-state index < -0.39 is 0 Å². The Morgan fingerprint density at radius 1 is 1.04 bits per heavy atom. The molecule has 0 radical (unpaired) electrons. The van der Waals surface area contributed by atoms with E-state index in [1.807, 2.05) is 17.9 Å². The summed E-state index contributed by atoms with van der Waals surface area (Å²) in [5, 5.41) is 3.65. The van der Waals surface area contributed by atoms with Crippen LogP contribution in [-0.4, -0.2) is 141 Å². The number of carbonyl (C=O) groups is 1. The summed E-state index contributed by atoms with van der Waals surface area (Å²) in [5.74, 6) is 0.638. The Morgan fingerprint density at radius 3 is 2.60 bits per heavy atom. The average Bonchev–Trinajstić information content (AvgIpc) is 3.08. The van der Waals surface area contributed by atoms with Gasteiger partial charge in [-0.3, -0.25) is 19.5 Å². The highest BCUT2D eigenvalue weighted by Crippen LogP contribution is 2.37. The van der Waals surface area contributed by atoms with E-state index in [2.05, 4.69) is 40.8 Å². The summed E-state index contributed by atoms with van der Waals surface area (Å²) in [6, 6.07) is 9.51. The second-order valence-electron chi connectivity index (χ2n) is 13.8. The molecule has 0 spiro atoms. The molecule has 0 bridgehead atoms. The Morgan fingerprint density at radius 2 is 1.83 bits per heavy atom. The van der Waals surface area contributed by atoms with Gasteiger partial charge in [0.1, 0.15) is 24.7 Å². The third-order valence-electron chi connectivity index (χ3n) is 10.2. The fourth-order valence-electron chi connectivity index (χ4n) is 7.36. The van der Waals surface area contributed by atoms with Gasteiger partial charge in [0.15, 0.2) is 0 Å². The van der Waals surface area contributed by atoms with Gasteiger partial charge in [0.25, 0.3) is 0 Å². The number of morpholine rings is 2. The summed E-state index contributed by atoms with van der Waals surface area (Å²) >= 11 is 0. The van der Waals surface area contributed by atoms with Crippen LogP contribution in [-0.2, 0) is 20.7 Å². The number of ether oxygens (including phenoxy) is 4. The molecule has 1 N–H and O–H groups in total. The van der Waals surface area contributed by atoms with E-state index in [9.17, 15) is 9.18 Å². The van der Waals surface area contributed by atoms with Crippen LogP contribution in [0.25, 0.3) is 0 Å². The lowest BCUT2D eigenvalue weighted by atomic mass is 10.0. The molecule has 6 rings (SSSR count). The molecule has 48 heavy (non-hydrogen) atoms. The number of carbonyl (C=O) groups excluding carboxylic acids is 1. The third kappa shape index (κ3) is 8.46. The van der Waals surface area contributed by atoms with Crippen molar-refractivity contribution in [3.63, 3.8) is 0 Å². The maximum absolute atomic E-state index is 14.4. The summed E-state index contributed by atoms with van der Waals surface area (Å²) in [5.41, 5.74) is 2.42. The first-order valence-electron chi connectivity index (χ1n) is 17.8. The molecular formula is C36H53FN6O5. The number of piperazine rings is 1. The van der Waals surface area contributed by atoms with Crippen LogP contribution < -0.4 is 19.7 Å². The number of nitrogens with zero attached hydrogens (tertiary/aromatic N) is 5. The van der Waals surface area contributed by atoms with E-state index in [0.29, 0.717) is 55.7 Å². The molecule has 4 aliphatic rings. The van der Waals surface area contributed by atoms with Crippen molar-refractivity contribution in [1.82, 2.24) is 25.0 Å². The van der Waals surface area contributed by atoms with E-state index in [1.54, 1.807) is 12.1 Å². The van der Waals surface area contributed by atoms with Crippen molar-refractivity contribution in [2.75, 3.05) is 90.4 Å². The molecule has 1 aromatic carbocycles. The molecular weight excluding hydrogens is 615 g/mol. The van der Waals surface area contributed by atoms with Crippen LogP contribution in [0.4, 0.5) is 10.1 Å². The standard InChI is InChI=1S/C36H53FN6O5/c1-5-31-24-46-22-26(3)42(31)20-32-18-38-25(2)19-41(32)21-34(44)43-27(4)23-48-36-33(43)17-29(16-28-6-8-30(37)9-7-28)35(39-36)47-15-12-40-10-13-45-14-11-40/h6-9,17,25-27,31-32,38H,5,10-16,18-24H2,1-4H3/t25-,26-,27+,31-,32-/m1/s1. The Hall–Kier alpha value is -2.87. The Balaban J connectivity index is 1.23. The minimum Gasteiger partial charge on any atom is -0.476 e. The van der Waals surface area contributed by atoms with Gasteiger partial charge < -0.3 is 29.2 Å². The van der Waals surface area contributed by atoms with Crippen molar-refractivity contribution < 1.29 is 28.1 Å². The fourth-order valence-corrected chi connectivity index (χ4v) is 7.36. The van der Waals surface area contributed by atoms with Crippen molar-refractivity contribution in [1.29, 1.82) is 0 Å². The third-order valence-corrected chi connectivity index (χ3v) is 10.2. The Labute approximate surface area is 284 Å². The van der Waals surface area contributed by atoms with Crippen molar-refractivity contribution >= 4 is 11.6 Å². The van der Waals surface area contributed by atoms with Gasteiger partial charge in [-0.25, -0.2) is 4.39 Å². The zero-order valence-electron chi connectivity index (χ0n) is 29.0. The molecule has 3 saturated heterocycles. The summed E-state index contributed by atoms with van der Waals surface area (Å²) < 4.78 is 37.5. The van der Waals surface area contributed by atoms with E-state index in [-0.39, 0.29) is 29.8 Å². The van der Waals surface area contributed by atoms with Crippen molar-refractivity contribution in [2.45, 2.75) is 70.7 Å². The number of rotatable bonds is 11. The lowest BCUT2D eigenvalue weighted by Gasteiger charge is -2.47. The highest BCUT2D eigenvalue weighted by atomic mass is 19.1. The second kappa shape index (κ2) is 16.2. The Kier molecular flexibility index (Phi) is 11.8. The summed E-state index contributed by atoms with van der Waals surface area (Å²) in [4.78, 5) is 28.3. The van der Waals surface area contributed by atoms with Crippen LogP contribution in [0, 0.1) is 5.82 Å². The molecule has 2 aromatic rings. The predicted octanol–water partition coefficient (Wildman–Crippen LogP) is 2.80. The lowest BCUT2D eigenvalue weighted by molar-refractivity contribution is -0.122. The van der Waals surface area contributed by atoms with Gasteiger partial charge in [-0.1, -0.05) is 19.1 Å². The number of hydrogen-bond acceptors (Lipinski definition) is 10. The van der Waals surface area contributed by atoms with Crippen LogP contribution >= 0.6 is 0 Å². The SMILES string of the molecule is CC[C@@H]1COC[C@@H](C)N1C[C@H]1CN[C@H](C)CN1CC(=O)N1c2cc(Cc3ccc(F)cc3)c(OCCN3CCOCC3)nc2OC[C@@H]1C. The van der Waals surface area contributed by atoms with Gasteiger partial charge in [-0.15, -0.1) is 0 Å². The molecule has 1 amide bonds. The van der Waals surface area contributed by atoms with Crippen LogP contribution in [0.5, 0.6) is 11.8 Å². The van der Waals surface area contributed by atoms with Crippen LogP contribution in [0.2, 0.25) is 0 Å². The smallest absolute Gasteiger partial charge is 0.241 e. The molecule has 12 heteroatoms. The van der Waals surface area contributed by atoms with Gasteiger partial charge in [-0.05, 0) is 51.0 Å². The lowest BCUT2D eigenvalue weighted by Crippen LogP contribution is -2.63. The molecule has 1 aromatic heterocycles. The molecule has 4 aliphatic heterocycles. The molecule has 0 unspecified atom stereocenters. The normalized spacial score (nSPS) is 27.4. The average molecular weight is 669 g/mol. The number of fused-ring (bicyclic) bond motifs is 1. The zero-order chi connectivity index (χ0) is 33.6. The minimum atomic E-state index is -0.280. The van der Waals surface area contributed by atoms with E-state index in [1.165, 1.54) is 12.1 Å². The quantitative estimate of drug-likeness (QED) is 0.386. The summed E-state index contributed by atoms with van der Waals surface area (Å²) in [7, 11) is 0. The molecule has 264 valence electrons. The van der Waals surface area contributed by atoms with Gasteiger partial charge >= 0.3 is 0 Å². The van der Waals surface area contributed by atoms with Gasteiger partial charge in [0.05, 0.1) is 39.0 Å². The van der Waals surface area contributed by atoms with Gasteiger partial charge in [-0.2, -0.15) is 4.98 Å². The first-order valence-corrected chi connectivity index (χ1v) is 17.8. The van der Waals surface area contributed by atoms with Gasteiger partial charge in [0, 0.05) is 75.4 Å². The molecule has 3 fully saturated rings. The largest absolute Gasteiger partial charge is 0.476 e. The number of benzene rings is 1. The maximum Gasteiger partial charge on any atom is 0.241 e. The van der Waals surface area contributed by atoms with Crippen LogP contribution in [0.15, 0.2) is 30.3 Å². The number of nitrogens with one attached hydrogen (secondary N) is 1.